The molecular weight excluding hydrogens is 324 g/mol. The van der Waals surface area contributed by atoms with Crippen molar-refractivity contribution in [1.82, 2.24) is 15.5 Å². The van der Waals surface area contributed by atoms with Crippen LogP contribution in [0.25, 0.3) is 0 Å². The Labute approximate surface area is 145 Å². The number of carbonyl (C=O) groups is 1. The van der Waals surface area contributed by atoms with E-state index in [0.29, 0.717) is 13.1 Å². The molecule has 1 aromatic rings. The lowest BCUT2D eigenvalue weighted by molar-refractivity contribution is -0.383. The van der Waals surface area contributed by atoms with Crippen LogP contribution in [0.2, 0.25) is 0 Å². The van der Waals surface area contributed by atoms with Crippen LogP contribution in [0.1, 0.15) is 0 Å². The molecule has 1 aromatic carbocycles. The molecule has 2 rings (SSSR count). The molecule has 1 fully saturated rings. The van der Waals surface area contributed by atoms with Crippen LogP contribution >= 0.6 is 0 Å². The van der Waals surface area contributed by atoms with Crippen molar-refractivity contribution in [3.05, 3.63) is 46.2 Å². The number of nitrogens with one attached hydrogen (secondary N) is 3. The zero-order valence-corrected chi connectivity index (χ0v) is 13.7. The van der Waals surface area contributed by atoms with E-state index >= 15 is 0 Å². The van der Waals surface area contributed by atoms with Crippen molar-refractivity contribution in [2.75, 3.05) is 44.6 Å². The average Bonchev–Trinajstić information content (AvgIpc) is 2.63. The lowest BCUT2D eigenvalue weighted by atomic mass is 10.2. The number of nitrogens with zero attached hydrogens (tertiary/aromatic N) is 3. The number of hydrogen-bond acceptors (Lipinski definition) is 7. The highest BCUT2D eigenvalue weighted by molar-refractivity contribution is 5.97. The smallest absolute Gasteiger partial charge is 0.292 e. The van der Waals surface area contributed by atoms with Gasteiger partial charge in [0.25, 0.3) is 11.6 Å². The van der Waals surface area contributed by atoms with E-state index in [0.717, 1.165) is 26.2 Å². The first-order chi connectivity index (χ1) is 12.1. The number of carbonyl (C=O) groups excluding carboxylic acids is 1. The van der Waals surface area contributed by atoms with E-state index in [4.69, 9.17) is 5.26 Å². The molecular formula is C16H20N6O3. The minimum atomic E-state index is -0.532. The van der Waals surface area contributed by atoms with Crippen molar-refractivity contribution < 1.29 is 9.72 Å². The highest BCUT2D eigenvalue weighted by Gasteiger charge is 2.14. The van der Waals surface area contributed by atoms with Crippen molar-refractivity contribution in [3.63, 3.8) is 0 Å². The summed E-state index contributed by atoms with van der Waals surface area (Å²) in [5.74, 6) is -0.510. The van der Waals surface area contributed by atoms with Crippen molar-refractivity contribution >= 4 is 17.3 Å². The average molecular weight is 344 g/mol. The highest BCUT2D eigenvalue weighted by Crippen LogP contribution is 2.23. The van der Waals surface area contributed by atoms with Gasteiger partial charge in [-0.1, -0.05) is 12.1 Å². The predicted molar refractivity (Wildman–Crippen MR) is 92.7 cm³/mol. The van der Waals surface area contributed by atoms with Crippen LogP contribution < -0.4 is 16.0 Å². The monoisotopic (exact) mass is 344 g/mol. The molecule has 9 heteroatoms. The van der Waals surface area contributed by atoms with E-state index in [9.17, 15) is 14.9 Å². The Hall–Kier alpha value is -2.96. The van der Waals surface area contributed by atoms with Gasteiger partial charge in [-0.25, -0.2) is 0 Å². The Morgan fingerprint density at radius 2 is 2.12 bits per heavy atom. The second kappa shape index (κ2) is 9.36. The summed E-state index contributed by atoms with van der Waals surface area (Å²) in [5.41, 5.74) is -0.0533. The third-order valence-corrected chi connectivity index (χ3v) is 3.76. The summed E-state index contributed by atoms with van der Waals surface area (Å²) in [6.45, 7) is 4.85. The second-order valence-corrected chi connectivity index (χ2v) is 5.44. The summed E-state index contributed by atoms with van der Waals surface area (Å²) in [4.78, 5) is 24.7. The van der Waals surface area contributed by atoms with Gasteiger partial charge in [-0.05, 0) is 6.07 Å². The maximum Gasteiger partial charge on any atom is 0.292 e. The van der Waals surface area contributed by atoms with E-state index in [-0.39, 0.29) is 16.9 Å². The summed E-state index contributed by atoms with van der Waals surface area (Å²) in [7, 11) is 0. The quantitative estimate of drug-likeness (QED) is 0.284. The molecule has 25 heavy (non-hydrogen) atoms. The summed E-state index contributed by atoms with van der Waals surface area (Å²) < 4.78 is 0. The van der Waals surface area contributed by atoms with Crippen LogP contribution in [0.5, 0.6) is 0 Å². The van der Waals surface area contributed by atoms with Gasteiger partial charge in [-0.3, -0.25) is 19.8 Å². The summed E-state index contributed by atoms with van der Waals surface area (Å²) in [6.07, 6.45) is 1.18. The van der Waals surface area contributed by atoms with Gasteiger partial charge in [0.15, 0.2) is 0 Å². The van der Waals surface area contributed by atoms with E-state index in [2.05, 4.69) is 20.9 Å². The molecule has 9 nitrogen and oxygen atoms in total. The molecule has 1 aliphatic heterocycles. The topological polar surface area (TPSA) is 123 Å². The maximum absolute atomic E-state index is 12.0. The van der Waals surface area contributed by atoms with Gasteiger partial charge in [0.05, 0.1) is 4.92 Å². The Morgan fingerprint density at radius 3 is 2.80 bits per heavy atom. The lowest BCUT2D eigenvalue weighted by Gasteiger charge is -2.27. The zero-order chi connectivity index (χ0) is 18.1. The van der Waals surface area contributed by atoms with Crippen molar-refractivity contribution in [2.45, 2.75) is 0 Å². The zero-order valence-electron chi connectivity index (χ0n) is 13.7. The molecule has 1 heterocycles. The van der Waals surface area contributed by atoms with Gasteiger partial charge in [-0.15, -0.1) is 0 Å². The third-order valence-electron chi connectivity index (χ3n) is 3.76. The normalized spacial score (nSPS) is 15.2. The number of benzene rings is 1. The van der Waals surface area contributed by atoms with Crippen molar-refractivity contribution in [1.29, 1.82) is 5.26 Å². The predicted octanol–water partition coefficient (Wildman–Crippen LogP) is 0.436. The number of nitro groups is 1. The Balaban J connectivity index is 1.90. The molecule has 132 valence electrons. The van der Waals surface area contributed by atoms with Gasteiger partial charge in [0.1, 0.15) is 17.3 Å². The number of nitriles is 1. The molecule has 0 radical (unpaired) electrons. The molecule has 0 spiro atoms. The fourth-order valence-electron chi connectivity index (χ4n) is 2.41. The van der Waals surface area contributed by atoms with E-state index in [1.54, 1.807) is 18.2 Å². The Morgan fingerprint density at radius 1 is 1.40 bits per heavy atom. The number of amides is 1. The number of rotatable bonds is 7. The number of piperazine rings is 1. The third kappa shape index (κ3) is 5.56. The fourth-order valence-corrected chi connectivity index (χ4v) is 2.41. The largest absolute Gasteiger partial charge is 0.355 e. The van der Waals surface area contributed by atoms with Gasteiger partial charge in [0.2, 0.25) is 0 Å². The standard InChI is InChI=1S/C16H20N6O3/c17-11-13(12-20-14-3-1-2-4-15(14)22(24)25)16(23)19-7-10-21-8-5-18-6-9-21/h1-4,12,18,20H,5-10H2,(H,19,23)/b13-12-. The molecule has 1 saturated heterocycles. The molecule has 0 atom stereocenters. The van der Waals surface area contributed by atoms with Gasteiger partial charge < -0.3 is 16.0 Å². The van der Waals surface area contributed by atoms with Crippen LogP contribution in [0.15, 0.2) is 36.0 Å². The number of para-hydroxylation sites is 2. The Kier molecular flexibility index (Phi) is 6.88. The first-order valence-electron chi connectivity index (χ1n) is 7.93. The molecule has 0 unspecified atom stereocenters. The first-order valence-corrected chi connectivity index (χ1v) is 7.93. The summed E-state index contributed by atoms with van der Waals surface area (Å²) in [5, 5.41) is 28.7. The van der Waals surface area contributed by atoms with Gasteiger partial charge in [0, 0.05) is 51.5 Å². The lowest BCUT2D eigenvalue weighted by Crippen LogP contribution is -2.46. The van der Waals surface area contributed by atoms with E-state index < -0.39 is 10.8 Å². The molecule has 0 aliphatic carbocycles. The SMILES string of the molecule is N#C/C(=C/Nc1ccccc1[N+](=O)[O-])C(=O)NCCN1CCNCC1. The van der Waals surface area contributed by atoms with Gasteiger partial charge in [-0.2, -0.15) is 5.26 Å². The second-order valence-electron chi connectivity index (χ2n) is 5.44. The molecule has 0 bridgehead atoms. The molecule has 1 amide bonds. The maximum atomic E-state index is 12.0. The van der Waals surface area contributed by atoms with Crippen LogP contribution in [0.3, 0.4) is 0 Å². The van der Waals surface area contributed by atoms with Crippen molar-refractivity contribution in [2.24, 2.45) is 0 Å². The first kappa shape index (κ1) is 18.4. The minimum absolute atomic E-state index is 0.129. The van der Waals surface area contributed by atoms with Crippen LogP contribution in [0.4, 0.5) is 11.4 Å². The fraction of sp³-hybridized carbons (Fsp3) is 0.375. The molecule has 0 aromatic heterocycles. The van der Waals surface area contributed by atoms with E-state index in [1.807, 2.05) is 0 Å². The molecule has 0 saturated carbocycles. The number of nitro benzene ring substituents is 1. The highest BCUT2D eigenvalue weighted by atomic mass is 16.6. The summed E-state index contributed by atoms with van der Waals surface area (Å²) in [6, 6.07) is 7.82. The van der Waals surface area contributed by atoms with Crippen LogP contribution in [-0.2, 0) is 4.79 Å². The Bertz CT molecular complexity index is 691. The molecule has 3 N–H and O–H groups in total. The van der Waals surface area contributed by atoms with E-state index in [1.165, 1.54) is 18.3 Å². The van der Waals surface area contributed by atoms with Crippen LogP contribution in [0, 0.1) is 21.4 Å². The van der Waals surface area contributed by atoms with Crippen molar-refractivity contribution in [3.8, 4) is 6.07 Å². The molecule has 1 aliphatic rings. The van der Waals surface area contributed by atoms with Gasteiger partial charge >= 0.3 is 0 Å². The number of hydrogen-bond donors (Lipinski definition) is 3. The summed E-state index contributed by atoms with van der Waals surface area (Å²) >= 11 is 0. The minimum Gasteiger partial charge on any atom is -0.355 e. The number of anilines is 1. The van der Waals surface area contributed by atoms with Crippen LogP contribution in [-0.4, -0.2) is 55.0 Å².